The van der Waals surface area contributed by atoms with Crippen LogP contribution < -0.4 is 0 Å². The number of thiophene rings is 1. The normalized spacial score (nSPS) is 17.6. The summed E-state index contributed by atoms with van der Waals surface area (Å²) < 4.78 is 7.23. The molecule has 2 aliphatic rings. The first-order valence-electron chi connectivity index (χ1n) is 11.3. The van der Waals surface area contributed by atoms with Crippen molar-refractivity contribution in [3.05, 3.63) is 58.2 Å². The van der Waals surface area contributed by atoms with Crippen molar-refractivity contribution < 1.29 is 14.3 Å². The number of aryl methyl sites for hydroxylation is 2. The van der Waals surface area contributed by atoms with E-state index in [2.05, 4.69) is 18.2 Å². The van der Waals surface area contributed by atoms with E-state index >= 15 is 0 Å². The zero-order valence-corrected chi connectivity index (χ0v) is 19.3. The molecule has 1 amide bonds. The highest BCUT2D eigenvalue weighted by Gasteiger charge is 2.32. The van der Waals surface area contributed by atoms with Crippen LogP contribution in [0.25, 0.3) is 16.1 Å². The summed E-state index contributed by atoms with van der Waals surface area (Å²) >= 11 is 1.56. The van der Waals surface area contributed by atoms with E-state index in [1.807, 2.05) is 41.6 Å². The molecule has 1 aliphatic heterocycles. The fraction of sp³-hybridized carbons (Fsp3) is 0.400. The monoisotopic (exact) mass is 449 g/mol. The van der Waals surface area contributed by atoms with E-state index in [0.717, 1.165) is 46.8 Å². The predicted molar refractivity (Wildman–Crippen MR) is 124 cm³/mol. The van der Waals surface area contributed by atoms with E-state index < -0.39 is 0 Å². The van der Waals surface area contributed by atoms with Gasteiger partial charge in [0, 0.05) is 23.5 Å². The van der Waals surface area contributed by atoms with E-state index in [9.17, 15) is 9.59 Å². The molecular formula is C25H27N3O3S. The number of carbonyl (C=O) groups is 2. The van der Waals surface area contributed by atoms with Gasteiger partial charge in [-0.25, -0.2) is 4.68 Å². The zero-order valence-electron chi connectivity index (χ0n) is 18.5. The maximum Gasteiger partial charge on any atom is 0.310 e. The third kappa shape index (κ3) is 3.64. The van der Waals surface area contributed by atoms with Crippen molar-refractivity contribution in [2.24, 2.45) is 5.92 Å². The Morgan fingerprint density at radius 1 is 1.22 bits per heavy atom. The summed E-state index contributed by atoms with van der Waals surface area (Å²) in [4.78, 5) is 29.3. The highest BCUT2D eigenvalue weighted by molar-refractivity contribution is 7.17. The van der Waals surface area contributed by atoms with Gasteiger partial charge in [-0.3, -0.25) is 9.59 Å². The molecule has 2 aromatic heterocycles. The van der Waals surface area contributed by atoms with Crippen LogP contribution in [0.2, 0.25) is 0 Å². The molecule has 0 saturated carbocycles. The number of carbonyl (C=O) groups excluding carboxylic acids is 2. The molecule has 3 aromatic rings. The molecule has 32 heavy (non-hydrogen) atoms. The number of fused-ring (bicyclic) bond motifs is 3. The lowest BCUT2D eigenvalue weighted by atomic mass is 9.95. The molecule has 1 saturated heterocycles. The minimum atomic E-state index is -0.222. The molecule has 0 bridgehead atoms. The lowest BCUT2D eigenvalue weighted by Crippen LogP contribution is -2.42. The van der Waals surface area contributed by atoms with E-state index in [-0.39, 0.29) is 17.8 Å². The van der Waals surface area contributed by atoms with Gasteiger partial charge < -0.3 is 9.64 Å². The number of esters is 1. The van der Waals surface area contributed by atoms with Gasteiger partial charge in [-0.15, -0.1) is 11.3 Å². The molecule has 0 N–H and O–H groups in total. The van der Waals surface area contributed by atoms with Gasteiger partial charge in [0.2, 0.25) is 0 Å². The molecule has 6 nitrogen and oxygen atoms in total. The lowest BCUT2D eigenvalue weighted by molar-refractivity contribution is -0.149. The highest BCUT2D eigenvalue weighted by atomic mass is 32.1. The van der Waals surface area contributed by atoms with Crippen molar-refractivity contribution in [3.8, 4) is 16.1 Å². The minimum Gasteiger partial charge on any atom is -0.466 e. The average Bonchev–Trinajstić information content (AvgIpc) is 3.40. The molecule has 5 rings (SSSR count). The smallest absolute Gasteiger partial charge is 0.310 e. The number of nitrogens with zero attached hydrogens (tertiary/aromatic N) is 3. The molecular weight excluding hydrogens is 422 g/mol. The van der Waals surface area contributed by atoms with E-state index in [4.69, 9.17) is 9.84 Å². The average molecular weight is 450 g/mol. The number of likely N-dealkylation sites (tertiary alicyclic amines) is 1. The maximum atomic E-state index is 13.3. The lowest BCUT2D eigenvalue weighted by Gasteiger charge is -2.31. The number of hydrogen-bond donors (Lipinski definition) is 0. The minimum absolute atomic E-state index is 0.0213. The van der Waals surface area contributed by atoms with Crippen LogP contribution in [0.5, 0.6) is 0 Å². The first-order valence-corrected chi connectivity index (χ1v) is 12.1. The third-order valence-corrected chi connectivity index (χ3v) is 7.55. The summed E-state index contributed by atoms with van der Waals surface area (Å²) in [6.07, 6.45) is 3.41. The number of aromatic nitrogens is 2. The largest absolute Gasteiger partial charge is 0.466 e. The van der Waals surface area contributed by atoms with E-state index in [0.29, 0.717) is 19.7 Å². The van der Waals surface area contributed by atoms with Gasteiger partial charge in [-0.2, -0.15) is 5.10 Å². The molecule has 0 spiro atoms. The second kappa shape index (κ2) is 8.54. The van der Waals surface area contributed by atoms with Gasteiger partial charge in [0.15, 0.2) is 0 Å². The Morgan fingerprint density at radius 2 is 2.03 bits per heavy atom. The standard InChI is InChI=1S/C25H27N3O3S/c1-3-31-25(30)18-8-7-13-27(15-18)24(29)21-14-17-11-12-20-22(23(17)32-21)16(2)26-28(20)19-9-5-4-6-10-19/h4-6,9-10,14,18H,3,7-8,11-13,15H2,1-2H3. The van der Waals surface area contributed by atoms with Crippen LogP contribution in [0, 0.1) is 12.8 Å². The predicted octanol–water partition coefficient (Wildman–Crippen LogP) is 4.42. The Balaban J connectivity index is 1.43. The SMILES string of the molecule is CCOC(=O)C1CCCN(C(=O)c2cc3c(s2)-c2c(C)nn(-c4ccccc4)c2CC3)C1. The number of hydrogen-bond acceptors (Lipinski definition) is 5. The van der Waals surface area contributed by atoms with Gasteiger partial charge in [0.05, 0.1) is 34.5 Å². The number of piperidine rings is 1. The van der Waals surface area contributed by atoms with Gasteiger partial charge in [0.1, 0.15) is 0 Å². The zero-order chi connectivity index (χ0) is 22.2. The molecule has 0 radical (unpaired) electrons. The Labute approximate surface area is 191 Å². The Morgan fingerprint density at radius 3 is 2.81 bits per heavy atom. The molecule has 1 aromatic carbocycles. The Hall–Kier alpha value is -2.93. The van der Waals surface area contributed by atoms with Crippen LogP contribution in [0.15, 0.2) is 36.4 Å². The summed E-state index contributed by atoms with van der Waals surface area (Å²) in [6.45, 7) is 5.36. The van der Waals surface area contributed by atoms with Gasteiger partial charge in [-0.05, 0) is 63.3 Å². The van der Waals surface area contributed by atoms with Crippen molar-refractivity contribution in [3.63, 3.8) is 0 Å². The van der Waals surface area contributed by atoms with Gasteiger partial charge in [-0.1, -0.05) is 18.2 Å². The summed E-state index contributed by atoms with van der Waals surface area (Å²) in [5, 5.41) is 4.83. The molecule has 1 fully saturated rings. The molecule has 3 heterocycles. The number of amides is 1. The second-order valence-corrected chi connectivity index (χ2v) is 9.51. The van der Waals surface area contributed by atoms with Crippen molar-refractivity contribution in [1.29, 1.82) is 0 Å². The molecule has 166 valence electrons. The van der Waals surface area contributed by atoms with E-state index in [1.165, 1.54) is 16.8 Å². The fourth-order valence-corrected chi connectivity index (χ4v) is 6.14. The maximum absolute atomic E-state index is 13.3. The number of benzene rings is 1. The van der Waals surface area contributed by atoms with Gasteiger partial charge in [0.25, 0.3) is 5.91 Å². The molecule has 1 atom stereocenters. The van der Waals surface area contributed by atoms with Crippen molar-refractivity contribution in [1.82, 2.24) is 14.7 Å². The topological polar surface area (TPSA) is 64.4 Å². The summed E-state index contributed by atoms with van der Waals surface area (Å²) in [5.74, 6) is -0.391. The summed E-state index contributed by atoms with van der Waals surface area (Å²) in [7, 11) is 0. The van der Waals surface area contributed by atoms with Crippen LogP contribution in [0.3, 0.4) is 0 Å². The van der Waals surface area contributed by atoms with Crippen LogP contribution in [-0.4, -0.2) is 46.3 Å². The highest BCUT2D eigenvalue weighted by Crippen LogP contribution is 2.42. The van der Waals surface area contributed by atoms with Crippen molar-refractivity contribution >= 4 is 23.2 Å². The van der Waals surface area contributed by atoms with Crippen LogP contribution in [0.4, 0.5) is 0 Å². The Kier molecular flexibility index (Phi) is 5.59. The number of rotatable bonds is 4. The first-order chi connectivity index (χ1) is 15.6. The molecule has 7 heteroatoms. The van der Waals surface area contributed by atoms with Crippen molar-refractivity contribution in [2.75, 3.05) is 19.7 Å². The second-order valence-electron chi connectivity index (χ2n) is 8.46. The first kappa shape index (κ1) is 20.9. The molecule has 1 aliphatic carbocycles. The molecule has 1 unspecified atom stereocenters. The summed E-state index contributed by atoms with van der Waals surface area (Å²) in [6, 6.07) is 12.3. The Bertz CT molecular complexity index is 1160. The number of para-hydroxylation sites is 1. The quantitative estimate of drug-likeness (QED) is 0.553. The fourth-order valence-electron chi connectivity index (χ4n) is 4.84. The van der Waals surface area contributed by atoms with E-state index in [1.54, 1.807) is 11.3 Å². The summed E-state index contributed by atoms with van der Waals surface area (Å²) in [5.41, 5.74) is 5.66. The van der Waals surface area contributed by atoms with Crippen molar-refractivity contribution in [2.45, 2.75) is 39.5 Å². The van der Waals surface area contributed by atoms with Gasteiger partial charge >= 0.3 is 5.97 Å². The number of ether oxygens (including phenoxy) is 1. The third-order valence-electron chi connectivity index (χ3n) is 6.36. The van der Waals surface area contributed by atoms with Crippen LogP contribution in [-0.2, 0) is 22.4 Å². The van der Waals surface area contributed by atoms with Crippen LogP contribution in [0.1, 0.15) is 46.4 Å². The van der Waals surface area contributed by atoms with Crippen LogP contribution >= 0.6 is 11.3 Å².